The minimum Gasteiger partial charge on any atom is -0.465 e. The molecule has 3 rings (SSSR count). The van der Waals surface area contributed by atoms with Gasteiger partial charge in [0.2, 0.25) is 0 Å². The first-order valence-corrected chi connectivity index (χ1v) is 8.24. The molecule has 2 aromatic rings. The third-order valence-electron chi connectivity index (χ3n) is 3.07. The summed E-state index contributed by atoms with van der Waals surface area (Å²) in [6.45, 7) is 0.0956. The van der Waals surface area contributed by atoms with Crippen LogP contribution in [-0.2, 0) is 9.53 Å². The van der Waals surface area contributed by atoms with Gasteiger partial charge in [-0.2, -0.15) is 0 Å². The Kier molecular flexibility index (Phi) is 4.40. The number of nitrogens with zero attached hydrogens (tertiary/aromatic N) is 1. The van der Waals surface area contributed by atoms with Crippen LogP contribution in [0, 0.1) is 10.1 Å². The zero-order chi connectivity index (χ0) is 17.3. The van der Waals surface area contributed by atoms with Crippen LogP contribution in [0.1, 0.15) is 9.67 Å². The summed E-state index contributed by atoms with van der Waals surface area (Å²) in [4.78, 5) is 34.3. The number of hydrogen-bond donors (Lipinski definition) is 1. The fourth-order valence-electron chi connectivity index (χ4n) is 2.00. The molecule has 1 aromatic heterocycles. The van der Waals surface area contributed by atoms with Gasteiger partial charge in [0.25, 0.3) is 5.69 Å². The van der Waals surface area contributed by atoms with E-state index in [4.69, 9.17) is 4.74 Å². The molecule has 0 aliphatic carbocycles. The van der Waals surface area contributed by atoms with E-state index in [9.17, 15) is 19.7 Å². The van der Waals surface area contributed by atoms with Crippen molar-refractivity contribution in [2.24, 2.45) is 0 Å². The topological polar surface area (TPSA) is 108 Å². The van der Waals surface area contributed by atoms with Crippen molar-refractivity contribution in [3.05, 3.63) is 39.3 Å². The summed E-state index contributed by atoms with van der Waals surface area (Å²) in [5.41, 5.74) is 0.508. The van der Waals surface area contributed by atoms with Crippen LogP contribution in [0.2, 0.25) is 0 Å². The second-order valence-corrected chi connectivity index (χ2v) is 7.01. The predicted octanol–water partition coefficient (Wildman–Crippen LogP) is 2.93. The maximum Gasteiger partial charge on any atom is 0.348 e. The van der Waals surface area contributed by atoms with Crippen LogP contribution >= 0.6 is 23.1 Å². The smallest absolute Gasteiger partial charge is 0.348 e. The Morgan fingerprint density at radius 3 is 2.96 bits per heavy atom. The fraction of sp³-hybridized carbons (Fsp3) is 0.143. The molecule has 2 heterocycles. The fourth-order valence-corrected chi connectivity index (χ4v) is 4.25. The van der Waals surface area contributed by atoms with E-state index in [1.807, 2.05) is 0 Å². The molecule has 0 radical (unpaired) electrons. The molecule has 24 heavy (non-hydrogen) atoms. The molecule has 1 aliphatic rings. The average Bonchev–Trinajstić information content (AvgIpc) is 2.98. The summed E-state index contributed by atoms with van der Waals surface area (Å²) < 4.78 is 10.1. The van der Waals surface area contributed by atoms with Crippen molar-refractivity contribution < 1.29 is 24.0 Å². The molecule has 124 valence electrons. The first kappa shape index (κ1) is 16.3. The van der Waals surface area contributed by atoms with Gasteiger partial charge in [-0.15, -0.1) is 11.3 Å². The van der Waals surface area contributed by atoms with Crippen LogP contribution in [0.15, 0.2) is 33.4 Å². The Morgan fingerprint density at radius 2 is 2.25 bits per heavy atom. The van der Waals surface area contributed by atoms with Crippen LogP contribution in [-0.4, -0.2) is 30.5 Å². The number of esters is 2. The van der Waals surface area contributed by atoms with Crippen molar-refractivity contribution in [2.75, 3.05) is 19.0 Å². The van der Waals surface area contributed by atoms with E-state index in [-0.39, 0.29) is 17.1 Å². The molecule has 1 N–H and O–H groups in total. The molecule has 8 nitrogen and oxygen atoms in total. The van der Waals surface area contributed by atoms with E-state index in [0.29, 0.717) is 20.5 Å². The standard InChI is InChI=1S/C14H10N2O6S2/c1-21-13(18)11-5-9(16(19)20)14(24-11)23-7-2-3-8-10(4-7)22-12(17)6-15-8/h2-5,15H,6H2,1H3. The van der Waals surface area contributed by atoms with E-state index < -0.39 is 16.9 Å². The van der Waals surface area contributed by atoms with Crippen molar-refractivity contribution in [3.63, 3.8) is 0 Å². The number of methoxy groups -OCH3 is 1. The van der Waals surface area contributed by atoms with Gasteiger partial charge < -0.3 is 14.8 Å². The Morgan fingerprint density at radius 1 is 1.46 bits per heavy atom. The minimum atomic E-state index is -0.626. The highest BCUT2D eigenvalue weighted by molar-refractivity contribution is 8.01. The molecular weight excluding hydrogens is 356 g/mol. The van der Waals surface area contributed by atoms with Gasteiger partial charge in [0.1, 0.15) is 15.6 Å². The van der Waals surface area contributed by atoms with E-state index in [1.165, 1.54) is 13.2 Å². The number of nitrogens with one attached hydrogen (secondary N) is 1. The third-order valence-corrected chi connectivity index (χ3v) is 5.36. The number of thiophene rings is 1. The zero-order valence-corrected chi connectivity index (χ0v) is 13.9. The Bertz CT molecular complexity index is 848. The first-order chi connectivity index (χ1) is 11.5. The molecule has 10 heteroatoms. The number of fused-ring (bicyclic) bond motifs is 1. The molecule has 0 bridgehead atoms. The summed E-state index contributed by atoms with van der Waals surface area (Å²) in [7, 11) is 1.21. The largest absolute Gasteiger partial charge is 0.465 e. The highest BCUT2D eigenvalue weighted by atomic mass is 32.2. The van der Waals surface area contributed by atoms with E-state index >= 15 is 0 Å². The molecule has 1 aromatic carbocycles. The van der Waals surface area contributed by atoms with Gasteiger partial charge in [0.05, 0.1) is 17.7 Å². The number of nitro groups is 1. The number of carbonyl (C=O) groups excluding carboxylic acids is 2. The monoisotopic (exact) mass is 366 g/mol. The summed E-state index contributed by atoms with van der Waals surface area (Å²) in [5.74, 6) is -0.665. The van der Waals surface area contributed by atoms with Gasteiger partial charge in [-0.25, -0.2) is 9.59 Å². The molecule has 1 aliphatic heterocycles. The van der Waals surface area contributed by atoms with Crippen LogP contribution in [0.3, 0.4) is 0 Å². The number of benzene rings is 1. The van der Waals surface area contributed by atoms with E-state index in [1.54, 1.807) is 18.2 Å². The number of rotatable bonds is 4. The highest BCUT2D eigenvalue weighted by Crippen LogP contribution is 2.43. The van der Waals surface area contributed by atoms with E-state index in [0.717, 1.165) is 23.1 Å². The number of ether oxygens (including phenoxy) is 2. The van der Waals surface area contributed by atoms with Crippen molar-refractivity contribution in [1.29, 1.82) is 0 Å². The normalized spacial score (nSPS) is 12.8. The molecule has 0 saturated heterocycles. The summed E-state index contributed by atoms with van der Waals surface area (Å²) >= 11 is 2.09. The lowest BCUT2D eigenvalue weighted by Crippen LogP contribution is -2.24. The van der Waals surface area contributed by atoms with Gasteiger partial charge in [0, 0.05) is 11.0 Å². The maximum absolute atomic E-state index is 11.6. The van der Waals surface area contributed by atoms with Gasteiger partial charge in [0.15, 0.2) is 5.75 Å². The Balaban J connectivity index is 1.92. The van der Waals surface area contributed by atoms with Gasteiger partial charge in [-0.3, -0.25) is 10.1 Å². The molecule has 0 amide bonds. The molecule has 0 spiro atoms. The molecule has 0 unspecified atom stereocenters. The van der Waals surface area contributed by atoms with Gasteiger partial charge in [-0.1, -0.05) is 11.8 Å². The quantitative estimate of drug-likeness (QED) is 0.381. The summed E-state index contributed by atoms with van der Waals surface area (Å²) in [6.07, 6.45) is 0. The van der Waals surface area contributed by atoms with Crippen molar-refractivity contribution in [2.45, 2.75) is 9.10 Å². The second-order valence-electron chi connectivity index (χ2n) is 4.62. The highest BCUT2D eigenvalue weighted by Gasteiger charge is 2.24. The Labute approximate surface area is 143 Å². The van der Waals surface area contributed by atoms with Crippen LogP contribution < -0.4 is 10.1 Å². The maximum atomic E-state index is 11.6. The van der Waals surface area contributed by atoms with E-state index in [2.05, 4.69) is 10.1 Å². The molecule has 0 saturated carbocycles. The second kappa shape index (κ2) is 6.49. The molecule has 0 fully saturated rings. The lowest BCUT2D eigenvalue weighted by Gasteiger charge is -2.17. The number of hydrogen-bond acceptors (Lipinski definition) is 9. The summed E-state index contributed by atoms with van der Waals surface area (Å²) in [5, 5.41) is 14.1. The number of carbonyl (C=O) groups is 2. The van der Waals surface area contributed by atoms with Crippen LogP contribution in [0.5, 0.6) is 5.75 Å². The molecule has 0 atom stereocenters. The van der Waals surface area contributed by atoms with Gasteiger partial charge in [-0.05, 0) is 18.2 Å². The van der Waals surface area contributed by atoms with Crippen molar-refractivity contribution in [3.8, 4) is 5.75 Å². The lowest BCUT2D eigenvalue weighted by atomic mass is 10.2. The lowest BCUT2D eigenvalue weighted by molar-refractivity contribution is -0.387. The average molecular weight is 366 g/mol. The van der Waals surface area contributed by atoms with Crippen molar-refractivity contribution >= 4 is 46.4 Å². The minimum absolute atomic E-state index is 0.0956. The summed E-state index contributed by atoms with van der Waals surface area (Å²) in [6, 6.07) is 6.28. The Hall–Kier alpha value is -2.59. The van der Waals surface area contributed by atoms with Gasteiger partial charge >= 0.3 is 11.9 Å². The zero-order valence-electron chi connectivity index (χ0n) is 12.2. The first-order valence-electron chi connectivity index (χ1n) is 6.61. The third kappa shape index (κ3) is 3.19. The molecular formula is C14H10N2O6S2. The van der Waals surface area contributed by atoms with Crippen molar-refractivity contribution in [1.82, 2.24) is 0 Å². The SMILES string of the molecule is COC(=O)c1cc([N+](=O)[O-])c(Sc2ccc3c(c2)OC(=O)CN3)s1. The van der Waals surface area contributed by atoms with Crippen LogP contribution in [0.4, 0.5) is 11.4 Å². The van der Waals surface area contributed by atoms with Crippen LogP contribution in [0.25, 0.3) is 0 Å². The number of anilines is 1. The predicted molar refractivity (Wildman–Crippen MR) is 87.0 cm³/mol.